The monoisotopic (exact) mass is 307 g/mol. The van der Waals surface area contributed by atoms with Crippen LogP contribution in [0.3, 0.4) is 0 Å². The van der Waals surface area contributed by atoms with E-state index in [0.29, 0.717) is 30.5 Å². The number of ether oxygens (including phenoxy) is 2. The first kappa shape index (κ1) is 16.9. The van der Waals surface area contributed by atoms with Crippen molar-refractivity contribution in [3.63, 3.8) is 0 Å². The zero-order chi connectivity index (χ0) is 16.1. The van der Waals surface area contributed by atoms with Crippen molar-refractivity contribution in [2.75, 3.05) is 26.3 Å². The smallest absolute Gasteiger partial charge is 0.159 e. The Labute approximate surface area is 131 Å². The van der Waals surface area contributed by atoms with Crippen molar-refractivity contribution in [3.8, 4) is 5.75 Å². The van der Waals surface area contributed by atoms with E-state index < -0.39 is 6.10 Å². The molecule has 1 aliphatic heterocycles. The summed E-state index contributed by atoms with van der Waals surface area (Å²) in [5, 5.41) is 10.2. The molecule has 2 rings (SSSR count). The number of aliphatic hydroxyl groups is 1. The van der Waals surface area contributed by atoms with Gasteiger partial charge in [0.25, 0.3) is 0 Å². The molecule has 0 aliphatic carbocycles. The average molecular weight is 307 g/mol. The van der Waals surface area contributed by atoms with Gasteiger partial charge in [0, 0.05) is 24.7 Å². The lowest BCUT2D eigenvalue weighted by atomic mass is 10.1. The van der Waals surface area contributed by atoms with Crippen LogP contribution in [0.2, 0.25) is 0 Å². The number of Topliss-reactive ketones (excluding diaryl/α,β-unsaturated/α-hetero) is 1. The number of nitrogens with zero attached hydrogens (tertiary/aromatic N) is 1. The lowest BCUT2D eigenvalue weighted by Crippen LogP contribution is -2.50. The van der Waals surface area contributed by atoms with Crippen LogP contribution in [0.25, 0.3) is 0 Å². The predicted octanol–water partition coefficient (Wildman–Crippen LogP) is 1.74. The number of β-amino-alcohol motifs (C(OH)–C–C–N with tert-alkyl or cyclic N) is 1. The zero-order valence-corrected chi connectivity index (χ0v) is 13.5. The van der Waals surface area contributed by atoms with Crippen LogP contribution in [0.1, 0.15) is 31.1 Å². The van der Waals surface area contributed by atoms with Crippen molar-refractivity contribution >= 4 is 5.78 Å². The fraction of sp³-hybridized carbons (Fsp3) is 0.588. The molecular formula is C17H25NO4. The Bertz CT molecular complexity index is 505. The topological polar surface area (TPSA) is 59.0 Å². The van der Waals surface area contributed by atoms with Crippen molar-refractivity contribution in [2.24, 2.45) is 0 Å². The van der Waals surface area contributed by atoms with Gasteiger partial charge in [0.1, 0.15) is 18.5 Å². The Morgan fingerprint density at radius 1 is 1.50 bits per heavy atom. The van der Waals surface area contributed by atoms with E-state index in [-0.39, 0.29) is 18.5 Å². The SMILES string of the molecule is CC(=O)c1cccc(OC[C@H](O)CN2C[C@@H](C)OC[C@@H]2C)c1. The van der Waals surface area contributed by atoms with Crippen LogP contribution in [-0.4, -0.2) is 60.3 Å². The third-order valence-corrected chi connectivity index (χ3v) is 3.87. The van der Waals surface area contributed by atoms with Crippen LogP contribution >= 0.6 is 0 Å². The van der Waals surface area contributed by atoms with Crippen LogP contribution in [0, 0.1) is 0 Å². The maximum absolute atomic E-state index is 11.3. The highest BCUT2D eigenvalue weighted by atomic mass is 16.5. The molecule has 0 bridgehead atoms. The molecule has 0 aromatic heterocycles. The number of morpholine rings is 1. The second-order valence-corrected chi connectivity index (χ2v) is 6.00. The maximum atomic E-state index is 11.3. The van der Waals surface area contributed by atoms with Gasteiger partial charge in [-0.25, -0.2) is 0 Å². The third-order valence-electron chi connectivity index (χ3n) is 3.87. The number of hydrogen-bond acceptors (Lipinski definition) is 5. The van der Waals surface area contributed by atoms with Gasteiger partial charge in [0.2, 0.25) is 0 Å². The summed E-state index contributed by atoms with van der Waals surface area (Å²) in [5.41, 5.74) is 0.614. The summed E-state index contributed by atoms with van der Waals surface area (Å²) in [5.74, 6) is 0.609. The highest BCUT2D eigenvalue weighted by Crippen LogP contribution is 2.15. The Morgan fingerprint density at radius 2 is 2.27 bits per heavy atom. The second-order valence-electron chi connectivity index (χ2n) is 6.00. The molecule has 1 heterocycles. The Balaban J connectivity index is 1.83. The van der Waals surface area contributed by atoms with Crippen molar-refractivity contribution in [3.05, 3.63) is 29.8 Å². The van der Waals surface area contributed by atoms with Gasteiger partial charge in [-0.3, -0.25) is 9.69 Å². The standard InChI is InChI=1S/C17H25NO4/c1-12-10-21-13(2)8-18(12)9-16(20)11-22-17-6-4-5-15(7-17)14(3)19/h4-7,12-13,16,20H,8-11H2,1-3H3/t12-,13+,16+/m0/s1. The minimum Gasteiger partial charge on any atom is -0.491 e. The summed E-state index contributed by atoms with van der Waals surface area (Å²) in [6.45, 7) is 7.92. The summed E-state index contributed by atoms with van der Waals surface area (Å²) < 4.78 is 11.2. The van der Waals surface area contributed by atoms with Crippen molar-refractivity contribution in [2.45, 2.75) is 39.0 Å². The van der Waals surface area contributed by atoms with E-state index in [1.807, 2.05) is 6.92 Å². The van der Waals surface area contributed by atoms with Crippen LogP contribution < -0.4 is 4.74 Å². The number of aliphatic hydroxyl groups excluding tert-OH is 1. The molecule has 1 saturated heterocycles. The normalized spacial score (nSPS) is 24.0. The van der Waals surface area contributed by atoms with Gasteiger partial charge in [-0.2, -0.15) is 0 Å². The average Bonchev–Trinajstić information content (AvgIpc) is 2.49. The molecule has 0 saturated carbocycles. The molecule has 0 unspecified atom stereocenters. The number of benzene rings is 1. The first-order valence-corrected chi connectivity index (χ1v) is 7.73. The minimum atomic E-state index is -0.575. The van der Waals surface area contributed by atoms with Gasteiger partial charge in [0.15, 0.2) is 5.78 Å². The fourth-order valence-corrected chi connectivity index (χ4v) is 2.55. The molecule has 1 aromatic rings. The molecule has 1 aliphatic rings. The van der Waals surface area contributed by atoms with Crippen LogP contribution in [-0.2, 0) is 4.74 Å². The molecule has 1 fully saturated rings. The van der Waals surface area contributed by atoms with Crippen molar-refractivity contribution < 1.29 is 19.4 Å². The van der Waals surface area contributed by atoms with E-state index in [0.717, 1.165) is 6.54 Å². The first-order valence-electron chi connectivity index (χ1n) is 7.73. The lowest BCUT2D eigenvalue weighted by Gasteiger charge is -2.37. The Morgan fingerprint density at radius 3 is 3.00 bits per heavy atom. The van der Waals surface area contributed by atoms with Crippen LogP contribution in [0.15, 0.2) is 24.3 Å². The van der Waals surface area contributed by atoms with Gasteiger partial charge in [-0.05, 0) is 32.9 Å². The maximum Gasteiger partial charge on any atom is 0.159 e. The molecule has 5 heteroatoms. The van der Waals surface area contributed by atoms with Crippen LogP contribution in [0.4, 0.5) is 0 Å². The van der Waals surface area contributed by atoms with Crippen molar-refractivity contribution in [1.29, 1.82) is 0 Å². The van der Waals surface area contributed by atoms with Gasteiger partial charge >= 0.3 is 0 Å². The van der Waals surface area contributed by atoms with Crippen LogP contribution in [0.5, 0.6) is 5.75 Å². The molecule has 0 spiro atoms. The molecule has 122 valence electrons. The molecule has 1 N–H and O–H groups in total. The van der Waals surface area contributed by atoms with E-state index in [4.69, 9.17) is 9.47 Å². The van der Waals surface area contributed by atoms with E-state index in [1.165, 1.54) is 6.92 Å². The predicted molar refractivity (Wildman–Crippen MR) is 84.4 cm³/mol. The van der Waals surface area contributed by atoms with Gasteiger partial charge < -0.3 is 14.6 Å². The summed E-state index contributed by atoms with van der Waals surface area (Å²) in [6.07, 6.45) is -0.384. The number of carbonyl (C=O) groups excluding carboxylic acids is 1. The Hall–Kier alpha value is -1.43. The summed E-state index contributed by atoms with van der Waals surface area (Å²) >= 11 is 0. The summed E-state index contributed by atoms with van der Waals surface area (Å²) in [4.78, 5) is 13.6. The molecular weight excluding hydrogens is 282 g/mol. The van der Waals surface area contributed by atoms with Gasteiger partial charge in [0.05, 0.1) is 12.7 Å². The second kappa shape index (κ2) is 7.72. The van der Waals surface area contributed by atoms with E-state index in [2.05, 4.69) is 11.8 Å². The quantitative estimate of drug-likeness (QED) is 0.811. The first-order chi connectivity index (χ1) is 10.5. The number of carbonyl (C=O) groups is 1. The lowest BCUT2D eigenvalue weighted by molar-refractivity contribution is -0.0650. The number of hydrogen-bond donors (Lipinski definition) is 1. The zero-order valence-electron chi connectivity index (χ0n) is 13.5. The highest BCUT2D eigenvalue weighted by Gasteiger charge is 2.25. The summed E-state index contributed by atoms with van der Waals surface area (Å²) in [6, 6.07) is 7.33. The van der Waals surface area contributed by atoms with E-state index >= 15 is 0 Å². The molecule has 0 radical (unpaired) electrons. The fourth-order valence-electron chi connectivity index (χ4n) is 2.55. The summed E-state index contributed by atoms with van der Waals surface area (Å²) in [7, 11) is 0. The molecule has 5 nitrogen and oxygen atoms in total. The Kier molecular flexibility index (Phi) is 5.94. The number of rotatable bonds is 6. The number of ketones is 1. The minimum absolute atomic E-state index is 0.00197. The molecule has 22 heavy (non-hydrogen) atoms. The molecule has 3 atom stereocenters. The van der Waals surface area contributed by atoms with Crippen molar-refractivity contribution in [1.82, 2.24) is 4.90 Å². The molecule has 0 amide bonds. The van der Waals surface area contributed by atoms with E-state index in [1.54, 1.807) is 24.3 Å². The van der Waals surface area contributed by atoms with Gasteiger partial charge in [-0.15, -0.1) is 0 Å². The van der Waals surface area contributed by atoms with E-state index in [9.17, 15) is 9.90 Å². The molecule has 1 aromatic carbocycles. The third kappa shape index (κ3) is 4.80. The highest BCUT2D eigenvalue weighted by molar-refractivity contribution is 5.94. The van der Waals surface area contributed by atoms with Gasteiger partial charge in [-0.1, -0.05) is 12.1 Å². The largest absolute Gasteiger partial charge is 0.491 e.